The van der Waals surface area contributed by atoms with E-state index in [2.05, 4.69) is 10.3 Å². The molecule has 1 amide bonds. The molecule has 0 aliphatic carbocycles. The number of nitrogens with one attached hydrogen (secondary N) is 1. The van der Waals surface area contributed by atoms with E-state index in [-0.39, 0.29) is 13.1 Å². The van der Waals surface area contributed by atoms with Crippen LogP contribution in [0.4, 0.5) is 4.79 Å². The van der Waals surface area contributed by atoms with Gasteiger partial charge in [-0.1, -0.05) is 30.1 Å². The maximum atomic E-state index is 11.8. The SMILES string of the molecule is CC(C)(C)OC(=O)NCC(C)(CN)c1c(Cl)cncc1Cl. The molecule has 1 aromatic rings. The molecular formula is C14H21Cl2N3O2. The normalized spacial score (nSPS) is 14.4. The van der Waals surface area contributed by atoms with Crippen LogP contribution in [-0.2, 0) is 10.2 Å². The summed E-state index contributed by atoms with van der Waals surface area (Å²) in [6.45, 7) is 7.77. The van der Waals surface area contributed by atoms with Crippen molar-refractivity contribution in [1.29, 1.82) is 0 Å². The van der Waals surface area contributed by atoms with Gasteiger partial charge in [0.15, 0.2) is 0 Å². The van der Waals surface area contributed by atoms with Crippen LogP contribution in [0.15, 0.2) is 12.4 Å². The van der Waals surface area contributed by atoms with Crippen LogP contribution in [0.2, 0.25) is 10.0 Å². The van der Waals surface area contributed by atoms with E-state index in [0.29, 0.717) is 15.6 Å². The highest BCUT2D eigenvalue weighted by Gasteiger charge is 2.31. The van der Waals surface area contributed by atoms with Crippen molar-refractivity contribution < 1.29 is 9.53 Å². The number of nitrogens with zero attached hydrogens (tertiary/aromatic N) is 1. The molecule has 5 nitrogen and oxygen atoms in total. The molecule has 118 valence electrons. The molecule has 0 saturated heterocycles. The maximum absolute atomic E-state index is 11.8. The van der Waals surface area contributed by atoms with E-state index in [1.54, 1.807) is 20.8 Å². The molecule has 0 fully saturated rings. The summed E-state index contributed by atoms with van der Waals surface area (Å²) in [5.41, 5.74) is 5.35. The van der Waals surface area contributed by atoms with Crippen LogP contribution in [0, 0.1) is 0 Å². The smallest absolute Gasteiger partial charge is 0.407 e. The van der Waals surface area contributed by atoms with E-state index >= 15 is 0 Å². The standard InChI is InChI=1S/C14H21Cl2N3O2/c1-13(2,3)21-12(20)19-8-14(4,7-17)11-9(15)5-18-6-10(11)16/h5-6H,7-8,17H2,1-4H3,(H,19,20). The molecule has 7 heteroatoms. The van der Waals surface area contributed by atoms with E-state index in [1.807, 2.05) is 6.92 Å². The number of halogens is 2. The third-order valence-corrected chi connectivity index (χ3v) is 3.50. The molecular weight excluding hydrogens is 313 g/mol. The predicted octanol–water partition coefficient (Wildman–Crippen LogP) is 3.13. The molecule has 1 aromatic heterocycles. The van der Waals surface area contributed by atoms with Crippen LogP contribution < -0.4 is 11.1 Å². The minimum Gasteiger partial charge on any atom is -0.444 e. The first kappa shape index (κ1) is 18.0. The summed E-state index contributed by atoms with van der Waals surface area (Å²) < 4.78 is 5.20. The summed E-state index contributed by atoms with van der Waals surface area (Å²) in [5.74, 6) is 0. The second-order valence-corrected chi connectivity index (χ2v) is 6.91. The highest BCUT2D eigenvalue weighted by Crippen LogP contribution is 2.34. The van der Waals surface area contributed by atoms with Gasteiger partial charge in [-0.25, -0.2) is 4.79 Å². The van der Waals surface area contributed by atoms with Crippen LogP contribution in [0.1, 0.15) is 33.3 Å². The van der Waals surface area contributed by atoms with Gasteiger partial charge in [0.05, 0.1) is 10.0 Å². The molecule has 0 aromatic carbocycles. The number of hydrogen-bond acceptors (Lipinski definition) is 4. The van der Waals surface area contributed by atoms with Crippen LogP contribution in [0.5, 0.6) is 0 Å². The lowest BCUT2D eigenvalue weighted by Crippen LogP contribution is -2.45. The topological polar surface area (TPSA) is 77.2 Å². The van der Waals surface area contributed by atoms with Crippen molar-refractivity contribution in [2.24, 2.45) is 5.73 Å². The van der Waals surface area contributed by atoms with Gasteiger partial charge in [-0.15, -0.1) is 0 Å². The summed E-state index contributed by atoms with van der Waals surface area (Å²) in [6.07, 6.45) is 2.50. The van der Waals surface area contributed by atoms with E-state index in [0.717, 1.165) is 0 Å². The first-order valence-electron chi connectivity index (χ1n) is 6.55. The second-order valence-electron chi connectivity index (χ2n) is 6.10. The van der Waals surface area contributed by atoms with Gasteiger partial charge in [0.2, 0.25) is 0 Å². The first-order valence-corrected chi connectivity index (χ1v) is 7.31. The Labute approximate surface area is 135 Å². The van der Waals surface area contributed by atoms with Gasteiger partial charge in [-0.2, -0.15) is 0 Å². The lowest BCUT2D eigenvalue weighted by Gasteiger charge is -2.31. The van der Waals surface area contributed by atoms with Gasteiger partial charge in [0, 0.05) is 36.5 Å². The molecule has 21 heavy (non-hydrogen) atoms. The third kappa shape index (κ3) is 5.02. The minimum atomic E-state index is -0.617. The number of carbonyl (C=O) groups is 1. The van der Waals surface area contributed by atoms with Crippen molar-refractivity contribution in [1.82, 2.24) is 10.3 Å². The Bertz CT molecular complexity index is 497. The van der Waals surface area contributed by atoms with Crippen molar-refractivity contribution in [2.45, 2.75) is 38.7 Å². The molecule has 1 atom stereocenters. The average molecular weight is 334 g/mol. The Kier molecular flexibility index (Phi) is 5.84. The number of aromatic nitrogens is 1. The Hall–Kier alpha value is -1.04. The van der Waals surface area contributed by atoms with Gasteiger partial charge >= 0.3 is 6.09 Å². The highest BCUT2D eigenvalue weighted by molar-refractivity contribution is 6.36. The zero-order valence-electron chi connectivity index (χ0n) is 12.7. The fraction of sp³-hybridized carbons (Fsp3) is 0.571. The van der Waals surface area contributed by atoms with E-state index < -0.39 is 17.1 Å². The zero-order chi connectivity index (χ0) is 16.3. The number of amides is 1. The average Bonchev–Trinajstić information content (AvgIpc) is 2.34. The zero-order valence-corrected chi connectivity index (χ0v) is 14.2. The predicted molar refractivity (Wildman–Crippen MR) is 84.9 cm³/mol. The quantitative estimate of drug-likeness (QED) is 0.887. The number of nitrogens with two attached hydrogens (primary N) is 1. The molecule has 1 heterocycles. The van der Waals surface area contributed by atoms with Crippen molar-refractivity contribution >= 4 is 29.3 Å². The van der Waals surface area contributed by atoms with Gasteiger partial charge in [0.1, 0.15) is 5.60 Å². The van der Waals surface area contributed by atoms with E-state index in [4.69, 9.17) is 33.7 Å². The molecule has 0 bridgehead atoms. The van der Waals surface area contributed by atoms with Crippen LogP contribution in [-0.4, -0.2) is 29.8 Å². The second kappa shape index (κ2) is 6.81. The Morgan fingerprint density at radius 2 is 1.81 bits per heavy atom. The molecule has 0 aliphatic rings. The molecule has 0 saturated carbocycles. The molecule has 0 spiro atoms. The lowest BCUT2D eigenvalue weighted by molar-refractivity contribution is 0.0516. The summed E-state index contributed by atoms with van der Waals surface area (Å²) in [4.78, 5) is 15.7. The van der Waals surface area contributed by atoms with Crippen LogP contribution >= 0.6 is 23.2 Å². The Morgan fingerprint density at radius 1 is 1.29 bits per heavy atom. The van der Waals surface area contributed by atoms with Crippen molar-refractivity contribution in [3.63, 3.8) is 0 Å². The number of pyridine rings is 1. The monoisotopic (exact) mass is 333 g/mol. The summed E-state index contributed by atoms with van der Waals surface area (Å²) in [6, 6.07) is 0. The number of rotatable bonds is 4. The third-order valence-electron chi connectivity index (χ3n) is 2.93. The van der Waals surface area contributed by atoms with Crippen molar-refractivity contribution in [3.8, 4) is 0 Å². The molecule has 3 N–H and O–H groups in total. The summed E-state index contributed by atoms with van der Waals surface area (Å²) in [5, 5.41) is 3.54. The number of alkyl carbamates (subject to hydrolysis) is 1. The Morgan fingerprint density at radius 3 is 2.24 bits per heavy atom. The number of hydrogen-bond donors (Lipinski definition) is 2. The molecule has 0 radical (unpaired) electrons. The molecule has 1 rings (SSSR count). The van der Waals surface area contributed by atoms with Crippen LogP contribution in [0.25, 0.3) is 0 Å². The fourth-order valence-electron chi connectivity index (χ4n) is 1.83. The van der Waals surface area contributed by atoms with Gasteiger partial charge in [-0.3, -0.25) is 4.98 Å². The van der Waals surface area contributed by atoms with Gasteiger partial charge in [-0.05, 0) is 20.8 Å². The lowest BCUT2D eigenvalue weighted by atomic mass is 9.83. The Balaban J connectivity index is 2.89. The first-order chi connectivity index (χ1) is 9.59. The van der Waals surface area contributed by atoms with Crippen molar-refractivity contribution in [3.05, 3.63) is 28.0 Å². The molecule has 0 aliphatic heterocycles. The van der Waals surface area contributed by atoms with Gasteiger partial charge < -0.3 is 15.8 Å². The van der Waals surface area contributed by atoms with Gasteiger partial charge in [0.25, 0.3) is 0 Å². The maximum Gasteiger partial charge on any atom is 0.407 e. The minimum absolute atomic E-state index is 0.252. The number of ether oxygens (including phenoxy) is 1. The highest BCUT2D eigenvalue weighted by atomic mass is 35.5. The summed E-state index contributed by atoms with van der Waals surface area (Å²) in [7, 11) is 0. The van der Waals surface area contributed by atoms with E-state index in [1.165, 1.54) is 12.4 Å². The van der Waals surface area contributed by atoms with E-state index in [9.17, 15) is 4.79 Å². The fourth-order valence-corrected chi connectivity index (χ4v) is 2.65. The van der Waals surface area contributed by atoms with Crippen molar-refractivity contribution in [2.75, 3.05) is 13.1 Å². The largest absolute Gasteiger partial charge is 0.444 e. The van der Waals surface area contributed by atoms with Crippen LogP contribution in [0.3, 0.4) is 0 Å². The summed E-state index contributed by atoms with van der Waals surface area (Å²) >= 11 is 12.3. The number of carbonyl (C=O) groups excluding carboxylic acids is 1. The molecule has 1 unspecified atom stereocenters.